The number of nitrogens with one attached hydrogen (secondary N) is 1. The summed E-state index contributed by atoms with van der Waals surface area (Å²) in [5.74, 6) is 0. The Labute approximate surface area is 109 Å². The highest BCUT2D eigenvalue weighted by Crippen LogP contribution is 2.22. The first-order chi connectivity index (χ1) is 8.83. The van der Waals surface area contributed by atoms with Gasteiger partial charge in [0.25, 0.3) is 0 Å². The maximum absolute atomic E-state index is 3.55. The lowest BCUT2D eigenvalue weighted by atomic mass is 10.1. The molecule has 1 unspecified atom stereocenters. The highest BCUT2D eigenvalue weighted by Gasteiger charge is 2.16. The van der Waals surface area contributed by atoms with E-state index in [2.05, 4.69) is 59.7 Å². The van der Waals surface area contributed by atoms with E-state index in [4.69, 9.17) is 0 Å². The molecule has 0 bridgehead atoms. The van der Waals surface area contributed by atoms with Crippen molar-refractivity contribution >= 4 is 16.5 Å². The Morgan fingerprint density at radius 3 is 2.78 bits per heavy atom. The van der Waals surface area contributed by atoms with E-state index < -0.39 is 0 Å². The van der Waals surface area contributed by atoms with Crippen molar-refractivity contribution in [2.24, 2.45) is 0 Å². The Kier molecular flexibility index (Phi) is 3.20. The molecular formula is C16H20N2. The van der Waals surface area contributed by atoms with Gasteiger partial charge in [-0.1, -0.05) is 30.3 Å². The van der Waals surface area contributed by atoms with E-state index in [1.807, 2.05) is 0 Å². The Bertz CT molecular complexity index is 529. The van der Waals surface area contributed by atoms with E-state index in [1.54, 1.807) is 0 Å². The third kappa shape index (κ3) is 2.34. The molecule has 1 atom stereocenters. The Balaban J connectivity index is 1.80. The number of hydrogen-bond acceptors (Lipinski definition) is 2. The minimum absolute atomic E-state index is 0.654. The second-order valence-electron chi connectivity index (χ2n) is 5.21. The fourth-order valence-electron chi connectivity index (χ4n) is 2.76. The topological polar surface area (TPSA) is 15.3 Å². The van der Waals surface area contributed by atoms with Gasteiger partial charge in [-0.25, -0.2) is 0 Å². The molecule has 1 fully saturated rings. The van der Waals surface area contributed by atoms with Crippen LogP contribution >= 0.6 is 0 Å². The molecule has 2 nitrogen and oxygen atoms in total. The molecule has 0 spiro atoms. The molecule has 94 valence electrons. The number of hydrogen-bond donors (Lipinski definition) is 1. The summed E-state index contributed by atoms with van der Waals surface area (Å²) in [4.78, 5) is 2.36. The molecule has 1 heterocycles. The first kappa shape index (κ1) is 11.5. The zero-order valence-corrected chi connectivity index (χ0v) is 10.9. The normalized spacial score (nSPS) is 19.3. The molecule has 0 aromatic heterocycles. The highest BCUT2D eigenvalue weighted by atomic mass is 15.1. The van der Waals surface area contributed by atoms with Gasteiger partial charge in [0.15, 0.2) is 0 Å². The quantitative estimate of drug-likeness (QED) is 0.887. The van der Waals surface area contributed by atoms with E-state index in [1.165, 1.54) is 35.8 Å². The lowest BCUT2D eigenvalue weighted by Gasteiger charge is -2.23. The van der Waals surface area contributed by atoms with Gasteiger partial charge in [-0.2, -0.15) is 0 Å². The Hall–Kier alpha value is -1.54. The number of anilines is 1. The predicted molar refractivity (Wildman–Crippen MR) is 78.2 cm³/mol. The van der Waals surface area contributed by atoms with E-state index in [9.17, 15) is 0 Å². The van der Waals surface area contributed by atoms with Gasteiger partial charge in [0.2, 0.25) is 0 Å². The molecule has 2 aromatic carbocycles. The summed E-state index contributed by atoms with van der Waals surface area (Å²) in [6, 6.07) is 15.9. The average molecular weight is 240 g/mol. The van der Waals surface area contributed by atoms with Crippen LogP contribution in [0.5, 0.6) is 0 Å². The standard InChI is InChI=1S/C16H20N2/c1-18(12-15-7-4-10-17-15)16-9-8-13-5-2-3-6-14(13)11-16/h2-3,5-6,8-9,11,15,17H,4,7,10,12H2,1H3. The van der Waals surface area contributed by atoms with Gasteiger partial charge in [0, 0.05) is 25.3 Å². The summed E-state index contributed by atoms with van der Waals surface area (Å²) >= 11 is 0. The average Bonchev–Trinajstić information content (AvgIpc) is 2.91. The Morgan fingerprint density at radius 2 is 2.00 bits per heavy atom. The molecule has 0 radical (unpaired) electrons. The van der Waals surface area contributed by atoms with Crippen LogP contribution in [0.1, 0.15) is 12.8 Å². The second-order valence-corrected chi connectivity index (χ2v) is 5.21. The van der Waals surface area contributed by atoms with Crippen LogP contribution in [0.2, 0.25) is 0 Å². The molecule has 1 aliphatic rings. The van der Waals surface area contributed by atoms with Gasteiger partial charge in [-0.05, 0) is 42.3 Å². The summed E-state index contributed by atoms with van der Waals surface area (Å²) in [7, 11) is 2.18. The largest absolute Gasteiger partial charge is 0.373 e. The lowest BCUT2D eigenvalue weighted by Crippen LogP contribution is -2.35. The number of fused-ring (bicyclic) bond motifs is 1. The molecule has 0 saturated carbocycles. The van der Waals surface area contributed by atoms with Gasteiger partial charge in [0.1, 0.15) is 0 Å². The molecule has 1 aliphatic heterocycles. The van der Waals surface area contributed by atoms with Crippen LogP contribution in [-0.2, 0) is 0 Å². The summed E-state index contributed by atoms with van der Waals surface area (Å²) < 4.78 is 0. The SMILES string of the molecule is CN(CC1CCCN1)c1ccc2ccccc2c1. The van der Waals surface area contributed by atoms with Gasteiger partial charge in [0.05, 0.1) is 0 Å². The predicted octanol–water partition coefficient (Wildman–Crippen LogP) is 3.03. The van der Waals surface area contributed by atoms with Crippen LogP contribution in [0.3, 0.4) is 0 Å². The van der Waals surface area contributed by atoms with Crippen LogP contribution in [0, 0.1) is 0 Å². The summed E-state index contributed by atoms with van der Waals surface area (Å²) in [5, 5.41) is 6.19. The van der Waals surface area contributed by atoms with Crippen LogP contribution < -0.4 is 10.2 Å². The molecule has 18 heavy (non-hydrogen) atoms. The molecule has 0 aliphatic carbocycles. The molecule has 1 saturated heterocycles. The van der Waals surface area contributed by atoms with Gasteiger partial charge in [-0.15, -0.1) is 0 Å². The van der Waals surface area contributed by atoms with Crippen LogP contribution in [0.4, 0.5) is 5.69 Å². The summed E-state index contributed by atoms with van der Waals surface area (Å²) in [5.41, 5.74) is 1.31. The number of nitrogens with zero attached hydrogens (tertiary/aromatic N) is 1. The van der Waals surface area contributed by atoms with Crippen molar-refractivity contribution in [3.05, 3.63) is 42.5 Å². The van der Waals surface area contributed by atoms with Crippen LogP contribution in [0.15, 0.2) is 42.5 Å². The molecule has 2 heteroatoms. The third-order valence-electron chi connectivity index (χ3n) is 3.83. The first-order valence-corrected chi connectivity index (χ1v) is 6.76. The molecule has 3 rings (SSSR count). The van der Waals surface area contributed by atoms with Gasteiger partial charge in [-0.3, -0.25) is 0 Å². The minimum Gasteiger partial charge on any atom is -0.373 e. The lowest BCUT2D eigenvalue weighted by molar-refractivity contribution is 0.600. The van der Waals surface area contributed by atoms with Crippen molar-refractivity contribution in [2.75, 3.05) is 25.0 Å². The van der Waals surface area contributed by atoms with E-state index in [0.29, 0.717) is 6.04 Å². The number of rotatable bonds is 3. The maximum Gasteiger partial charge on any atom is 0.0370 e. The Morgan fingerprint density at radius 1 is 1.17 bits per heavy atom. The van der Waals surface area contributed by atoms with Crippen LogP contribution in [-0.4, -0.2) is 26.2 Å². The fourth-order valence-corrected chi connectivity index (χ4v) is 2.76. The van der Waals surface area contributed by atoms with E-state index in [0.717, 1.165) is 6.54 Å². The molecule has 1 N–H and O–H groups in total. The van der Waals surface area contributed by atoms with E-state index >= 15 is 0 Å². The van der Waals surface area contributed by atoms with Crippen molar-refractivity contribution in [1.82, 2.24) is 5.32 Å². The minimum atomic E-state index is 0.654. The summed E-state index contributed by atoms with van der Waals surface area (Å²) in [6.07, 6.45) is 2.62. The zero-order chi connectivity index (χ0) is 12.4. The van der Waals surface area contributed by atoms with Crippen molar-refractivity contribution in [1.29, 1.82) is 0 Å². The molecular weight excluding hydrogens is 220 g/mol. The smallest absolute Gasteiger partial charge is 0.0370 e. The van der Waals surface area contributed by atoms with Gasteiger partial charge >= 0.3 is 0 Å². The number of benzene rings is 2. The van der Waals surface area contributed by atoms with Gasteiger partial charge < -0.3 is 10.2 Å². The fraction of sp³-hybridized carbons (Fsp3) is 0.375. The van der Waals surface area contributed by atoms with Crippen molar-refractivity contribution in [3.8, 4) is 0 Å². The second kappa shape index (κ2) is 4.99. The third-order valence-corrected chi connectivity index (χ3v) is 3.83. The van der Waals surface area contributed by atoms with E-state index in [-0.39, 0.29) is 0 Å². The molecule has 2 aromatic rings. The monoisotopic (exact) mass is 240 g/mol. The zero-order valence-electron chi connectivity index (χ0n) is 10.9. The van der Waals surface area contributed by atoms with Crippen molar-refractivity contribution in [2.45, 2.75) is 18.9 Å². The van der Waals surface area contributed by atoms with Crippen molar-refractivity contribution in [3.63, 3.8) is 0 Å². The number of likely N-dealkylation sites (N-methyl/N-ethyl adjacent to an activating group) is 1. The van der Waals surface area contributed by atoms with Crippen LogP contribution in [0.25, 0.3) is 10.8 Å². The first-order valence-electron chi connectivity index (χ1n) is 6.76. The summed E-state index contributed by atoms with van der Waals surface area (Å²) in [6.45, 7) is 2.27. The maximum atomic E-state index is 3.55. The molecule has 0 amide bonds. The highest BCUT2D eigenvalue weighted by molar-refractivity contribution is 5.85. The van der Waals surface area contributed by atoms with Crippen molar-refractivity contribution < 1.29 is 0 Å².